The van der Waals surface area contributed by atoms with Crippen LogP contribution in [0.2, 0.25) is 0 Å². The Morgan fingerprint density at radius 3 is 1.77 bits per heavy atom. The van der Waals surface area contributed by atoms with Gasteiger partial charge in [-0.25, -0.2) is 8.42 Å². The Labute approximate surface area is 74.7 Å². The fraction of sp³-hybridized carbons (Fsp3) is 1.00. The average molecular weight is 219 g/mol. The van der Waals surface area contributed by atoms with Gasteiger partial charge in [-0.1, -0.05) is 0 Å². The number of halogens is 3. The van der Waals surface area contributed by atoms with Crippen LogP contribution in [0.4, 0.5) is 13.2 Å². The molecule has 0 amide bonds. The van der Waals surface area contributed by atoms with E-state index in [0.29, 0.717) is 0 Å². The Kier molecular flexibility index (Phi) is 3.37. The summed E-state index contributed by atoms with van der Waals surface area (Å²) < 4.78 is 64.5. The normalized spacial score (nSPS) is 14.6. The van der Waals surface area contributed by atoms with Crippen LogP contribution in [0.3, 0.4) is 0 Å². The Morgan fingerprint density at radius 1 is 1.15 bits per heavy atom. The lowest BCUT2D eigenvalue weighted by molar-refractivity contribution is -0.136. The molecule has 0 rings (SSSR count). The predicted octanol–water partition coefficient (Wildman–Crippen LogP) is 1.65. The summed E-state index contributed by atoms with van der Waals surface area (Å²) in [4.78, 5) is 0. The smallest absolute Gasteiger partial charge is 0.389 e. The SMILES string of the molecule is CC(C)(CCC(F)(F)F)S(=O)(=O)[O-]. The molecule has 0 saturated carbocycles. The zero-order chi connectivity index (χ0) is 10.9. The number of hydrogen-bond donors (Lipinski definition) is 0. The number of alkyl halides is 3. The molecule has 0 radical (unpaired) electrons. The molecule has 0 atom stereocenters. The van der Waals surface area contributed by atoms with E-state index in [0.717, 1.165) is 13.8 Å². The van der Waals surface area contributed by atoms with Gasteiger partial charge in [0.05, 0.1) is 14.9 Å². The quantitative estimate of drug-likeness (QED) is 0.678. The first kappa shape index (κ1) is 12.7. The molecule has 0 aliphatic carbocycles. The Balaban J connectivity index is 4.38. The van der Waals surface area contributed by atoms with E-state index in [-0.39, 0.29) is 0 Å². The van der Waals surface area contributed by atoms with Crippen LogP contribution in [-0.2, 0) is 10.1 Å². The van der Waals surface area contributed by atoms with Gasteiger partial charge in [0.25, 0.3) is 0 Å². The summed E-state index contributed by atoms with van der Waals surface area (Å²) in [5, 5.41) is 0. The van der Waals surface area contributed by atoms with E-state index >= 15 is 0 Å². The lowest BCUT2D eigenvalue weighted by Gasteiger charge is -2.28. The monoisotopic (exact) mass is 219 g/mol. The van der Waals surface area contributed by atoms with Crippen LogP contribution in [0, 0.1) is 0 Å². The van der Waals surface area contributed by atoms with Crippen molar-refractivity contribution in [2.75, 3.05) is 0 Å². The van der Waals surface area contributed by atoms with E-state index in [1.165, 1.54) is 0 Å². The molecule has 0 bridgehead atoms. The summed E-state index contributed by atoms with van der Waals surface area (Å²) in [6.07, 6.45) is -6.40. The van der Waals surface area contributed by atoms with Crippen molar-refractivity contribution in [1.82, 2.24) is 0 Å². The first-order chi connectivity index (χ1) is 5.46. The molecular weight excluding hydrogens is 209 g/mol. The van der Waals surface area contributed by atoms with Gasteiger partial charge < -0.3 is 4.55 Å². The maximum absolute atomic E-state index is 11.7. The summed E-state index contributed by atoms with van der Waals surface area (Å²) in [5.74, 6) is 0. The maximum atomic E-state index is 11.7. The Hall–Kier alpha value is -0.300. The zero-order valence-electron chi connectivity index (χ0n) is 7.18. The van der Waals surface area contributed by atoms with Gasteiger partial charge in [0, 0.05) is 6.42 Å². The topological polar surface area (TPSA) is 57.2 Å². The zero-order valence-corrected chi connectivity index (χ0v) is 8.00. The first-order valence-electron chi connectivity index (χ1n) is 3.48. The van der Waals surface area contributed by atoms with Gasteiger partial charge in [0.15, 0.2) is 0 Å². The summed E-state index contributed by atoms with van der Waals surface area (Å²) in [6, 6.07) is 0. The van der Waals surface area contributed by atoms with E-state index in [4.69, 9.17) is 0 Å². The third-order valence-electron chi connectivity index (χ3n) is 1.69. The van der Waals surface area contributed by atoms with Crippen LogP contribution in [0.25, 0.3) is 0 Å². The summed E-state index contributed by atoms with van der Waals surface area (Å²) >= 11 is 0. The molecule has 0 aromatic rings. The highest BCUT2D eigenvalue weighted by atomic mass is 32.2. The lowest BCUT2D eigenvalue weighted by atomic mass is 10.1. The minimum Gasteiger partial charge on any atom is -0.748 e. The van der Waals surface area contributed by atoms with Crippen LogP contribution < -0.4 is 0 Å². The fourth-order valence-electron chi connectivity index (χ4n) is 0.568. The van der Waals surface area contributed by atoms with Crippen molar-refractivity contribution in [3.8, 4) is 0 Å². The number of rotatable bonds is 3. The van der Waals surface area contributed by atoms with Gasteiger partial charge in [0.1, 0.15) is 0 Å². The molecular formula is C6H10F3O3S-. The predicted molar refractivity (Wildman–Crippen MR) is 39.1 cm³/mol. The molecule has 0 fully saturated rings. The molecule has 0 aromatic carbocycles. The first-order valence-corrected chi connectivity index (χ1v) is 4.89. The number of hydrogen-bond acceptors (Lipinski definition) is 3. The van der Waals surface area contributed by atoms with Crippen molar-refractivity contribution >= 4 is 10.1 Å². The molecule has 7 heteroatoms. The van der Waals surface area contributed by atoms with E-state index in [1.54, 1.807) is 0 Å². The highest BCUT2D eigenvalue weighted by molar-refractivity contribution is 7.87. The average Bonchev–Trinajstić information content (AvgIpc) is 1.79. The Morgan fingerprint density at radius 2 is 1.54 bits per heavy atom. The minimum atomic E-state index is -4.67. The highest BCUT2D eigenvalue weighted by Gasteiger charge is 2.34. The van der Waals surface area contributed by atoms with Crippen molar-refractivity contribution in [2.45, 2.75) is 37.6 Å². The summed E-state index contributed by atoms with van der Waals surface area (Å²) in [5.41, 5.74) is 0. The van der Waals surface area contributed by atoms with E-state index < -0.39 is 33.9 Å². The third kappa shape index (κ3) is 4.47. The minimum absolute atomic E-state index is 0.706. The van der Waals surface area contributed by atoms with Crippen LogP contribution >= 0.6 is 0 Å². The standard InChI is InChI=1S/C6H11F3O3S/c1-5(2,13(10,11)12)3-4-6(7,8)9/h3-4H2,1-2H3,(H,10,11,12)/p-1. The van der Waals surface area contributed by atoms with Crippen LogP contribution in [0.15, 0.2) is 0 Å². The molecule has 0 unspecified atom stereocenters. The van der Waals surface area contributed by atoms with E-state index in [1.807, 2.05) is 0 Å². The molecule has 0 aliphatic rings. The van der Waals surface area contributed by atoms with Gasteiger partial charge in [-0.05, 0) is 20.3 Å². The van der Waals surface area contributed by atoms with Gasteiger partial charge in [-0.15, -0.1) is 0 Å². The molecule has 0 spiro atoms. The van der Waals surface area contributed by atoms with Crippen molar-refractivity contribution in [2.24, 2.45) is 0 Å². The lowest BCUT2D eigenvalue weighted by Crippen LogP contribution is -2.33. The van der Waals surface area contributed by atoms with E-state index in [2.05, 4.69) is 0 Å². The molecule has 0 heterocycles. The van der Waals surface area contributed by atoms with Crippen LogP contribution in [-0.4, -0.2) is 23.9 Å². The second-order valence-electron chi connectivity index (χ2n) is 3.33. The maximum Gasteiger partial charge on any atom is 0.389 e. The Bertz CT molecular complexity index is 265. The van der Waals surface area contributed by atoms with E-state index in [9.17, 15) is 26.1 Å². The van der Waals surface area contributed by atoms with Gasteiger partial charge >= 0.3 is 6.18 Å². The molecule has 0 aromatic heterocycles. The van der Waals surface area contributed by atoms with Crippen LogP contribution in [0.5, 0.6) is 0 Å². The summed E-state index contributed by atoms with van der Waals surface area (Å²) in [6.45, 7) is 1.97. The van der Waals surface area contributed by atoms with Gasteiger partial charge in [-0.2, -0.15) is 13.2 Å². The van der Waals surface area contributed by atoms with Crippen molar-refractivity contribution in [3.05, 3.63) is 0 Å². The second-order valence-corrected chi connectivity index (χ2v) is 5.34. The molecule has 3 nitrogen and oxygen atoms in total. The molecule has 0 aliphatic heterocycles. The summed E-state index contributed by atoms with van der Waals surface area (Å²) in [7, 11) is -4.67. The van der Waals surface area contributed by atoms with Gasteiger partial charge in [0.2, 0.25) is 0 Å². The molecule has 13 heavy (non-hydrogen) atoms. The van der Waals surface area contributed by atoms with Crippen molar-refractivity contribution in [3.63, 3.8) is 0 Å². The van der Waals surface area contributed by atoms with Gasteiger partial charge in [-0.3, -0.25) is 0 Å². The second kappa shape index (κ2) is 3.45. The largest absolute Gasteiger partial charge is 0.748 e. The molecule has 80 valence electrons. The van der Waals surface area contributed by atoms with Crippen molar-refractivity contribution in [1.29, 1.82) is 0 Å². The fourth-order valence-corrected chi connectivity index (χ4v) is 0.920. The highest BCUT2D eigenvalue weighted by Crippen LogP contribution is 2.29. The van der Waals surface area contributed by atoms with Crippen molar-refractivity contribution < 1.29 is 26.1 Å². The molecule has 0 saturated heterocycles. The third-order valence-corrected chi connectivity index (χ3v) is 3.24. The molecule has 0 N–H and O–H groups in total. The van der Waals surface area contributed by atoms with Crippen LogP contribution in [0.1, 0.15) is 26.7 Å².